The van der Waals surface area contributed by atoms with Gasteiger partial charge in [0.15, 0.2) is 5.69 Å². The van der Waals surface area contributed by atoms with Crippen LogP contribution in [0.15, 0.2) is 92.4 Å². The molecule has 0 aliphatic rings. The number of hydrogen-bond donors (Lipinski definition) is 3. The molecule has 0 atom stereocenters. The second kappa shape index (κ2) is 9.40. The lowest BCUT2D eigenvalue weighted by molar-refractivity contribution is 0.429. The summed E-state index contributed by atoms with van der Waals surface area (Å²) >= 11 is 8.71. The molecule has 1 heterocycles. The van der Waals surface area contributed by atoms with E-state index in [1.807, 2.05) is 48.5 Å². The fourth-order valence-corrected chi connectivity index (χ4v) is 4.31. The van der Waals surface area contributed by atoms with Gasteiger partial charge >= 0.3 is 0 Å². The van der Waals surface area contributed by atoms with Crippen molar-refractivity contribution in [3.63, 3.8) is 0 Å². The number of sulfonamides is 1. The smallest absolute Gasteiger partial charge is 0.238 e. The molecule has 0 saturated heterocycles. The third-order valence-electron chi connectivity index (χ3n) is 4.83. The number of nitrogens with one attached hydrogen (secondary N) is 1. The second-order valence-corrected chi connectivity index (χ2v) is 9.97. The molecule has 1 aromatic heterocycles. The van der Waals surface area contributed by atoms with Crippen LogP contribution in [0.1, 0.15) is 5.56 Å². The molecule has 0 spiro atoms. The van der Waals surface area contributed by atoms with Crippen LogP contribution < -0.4 is 10.5 Å². The van der Waals surface area contributed by atoms with Gasteiger partial charge in [-0.15, -0.1) is 10.2 Å². The molecule has 0 unspecified atom stereocenters. The minimum Gasteiger partial charge on any atom is -0.493 e. The Balaban J connectivity index is 1.61. The molecular weight excluding hydrogens is 526 g/mol. The molecule has 3 aromatic carbocycles. The van der Waals surface area contributed by atoms with Crippen LogP contribution in [0, 0.1) is 0 Å². The Bertz CT molecular complexity index is 1470. The van der Waals surface area contributed by atoms with E-state index in [1.165, 1.54) is 24.3 Å². The van der Waals surface area contributed by atoms with Crippen molar-refractivity contribution in [3.8, 4) is 5.88 Å². The molecule has 168 valence electrons. The maximum Gasteiger partial charge on any atom is 0.238 e. The number of nitrogens with two attached hydrogens (primary N) is 1. The van der Waals surface area contributed by atoms with Crippen LogP contribution in [0.25, 0.3) is 10.9 Å². The summed E-state index contributed by atoms with van der Waals surface area (Å²) < 4.78 is 25.4. The Labute approximate surface area is 203 Å². The van der Waals surface area contributed by atoms with Crippen LogP contribution in [0.4, 0.5) is 11.4 Å². The van der Waals surface area contributed by atoms with Crippen LogP contribution in [-0.2, 0) is 16.6 Å². The summed E-state index contributed by atoms with van der Waals surface area (Å²) in [5.41, 5.74) is 2.62. The number of thiocarbonyl (C=S) groups is 1. The fraction of sp³-hybridized carbons (Fsp3) is 0.0455. The summed E-state index contributed by atoms with van der Waals surface area (Å²) in [5.74, 6) is -0.0315. The van der Waals surface area contributed by atoms with Crippen molar-refractivity contribution in [2.45, 2.75) is 11.4 Å². The maximum atomic E-state index is 11.4. The molecule has 0 amide bonds. The van der Waals surface area contributed by atoms with E-state index >= 15 is 0 Å². The third kappa shape index (κ3) is 5.28. The van der Waals surface area contributed by atoms with Crippen molar-refractivity contribution in [1.82, 2.24) is 4.57 Å². The Kier molecular flexibility index (Phi) is 6.56. The lowest BCUT2D eigenvalue weighted by Crippen LogP contribution is -2.12. The number of aromatic hydroxyl groups is 1. The standard InChI is InChI=1S/C22H18BrN5O3S2/c23-15-6-11-18-19(12-15)28(13-14-4-2-1-3-5-14)21(29)20(18)26-27-22(32)25-16-7-9-17(10-8-16)33(24,30)31/h1-12,29H,13H2,(H,25,32)(H2,24,30,31). The average Bonchev–Trinajstić information content (AvgIpc) is 3.03. The zero-order chi connectivity index (χ0) is 23.6. The number of fused-ring (bicyclic) bond motifs is 1. The monoisotopic (exact) mass is 543 g/mol. The van der Waals surface area contributed by atoms with Gasteiger partial charge in [-0.05, 0) is 60.2 Å². The highest BCUT2D eigenvalue weighted by molar-refractivity contribution is 9.10. The van der Waals surface area contributed by atoms with Crippen LogP contribution in [0.3, 0.4) is 0 Å². The molecule has 0 bridgehead atoms. The minimum atomic E-state index is -3.78. The van der Waals surface area contributed by atoms with Gasteiger partial charge < -0.3 is 15.0 Å². The Morgan fingerprint density at radius 2 is 1.79 bits per heavy atom. The van der Waals surface area contributed by atoms with E-state index in [0.717, 1.165) is 20.9 Å². The van der Waals surface area contributed by atoms with E-state index < -0.39 is 10.0 Å². The van der Waals surface area contributed by atoms with E-state index in [2.05, 4.69) is 31.5 Å². The lowest BCUT2D eigenvalue weighted by Gasteiger charge is -2.07. The molecule has 0 saturated carbocycles. The Morgan fingerprint density at radius 1 is 1.09 bits per heavy atom. The SMILES string of the molecule is NS(=O)(=O)c1ccc(NC(=S)N=Nc2c(O)n(Cc3ccccc3)c3cc(Br)ccc23)cc1. The van der Waals surface area contributed by atoms with Gasteiger partial charge in [0.05, 0.1) is 17.0 Å². The van der Waals surface area contributed by atoms with Gasteiger partial charge in [0.2, 0.25) is 21.0 Å². The number of nitrogens with zero attached hydrogens (tertiary/aromatic N) is 3. The van der Waals surface area contributed by atoms with Gasteiger partial charge in [-0.1, -0.05) is 46.3 Å². The average molecular weight is 544 g/mol. The molecule has 0 fully saturated rings. The zero-order valence-electron chi connectivity index (χ0n) is 17.0. The van der Waals surface area contributed by atoms with E-state index in [9.17, 15) is 13.5 Å². The van der Waals surface area contributed by atoms with Gasteiger partial charge in [0.1, 0.15) is 0 Å². The summed E-state index contributed by atoms with van der Waals surface area (Å²) in [6.45, 7) is 0.453. The van der Waals surface area contributed by atoms with Crippen molar-refractivity contribution in [1.29, 1.82) is 0 Å². The van der Waals surface area contributed by atoms with Crippen LogP contribution in [-0.4, -0.2) is 23.2 Å². The van der Waals surface area contributed by atoms with Crippen molar-refractivity contribution in [2.75, 3.05) is 5.32 Å². The van der Waals surface area contributed by atoms with Crippen molar-refractivity contribution < 1.29 is 13.5 Å². The van der Waals surface area contributed by atoms with Crippen molar-refractivity contribution in [3.05, 3.63) is 82.8 Å². The summed E-state index contributed by atoms with van der Waals surface area (Å²) in [4.78, 5) is -0.0112. The molecule has 11 heteroatoms. The van der Waals surface area contributed by atoms with Crippen LogP contribution >= 0.6 is 28.1 Å². The first-order valence-electron chi connectivity index (χ1n) is 9.62. The van der Waals surface area contributed by atoms with Gasteiger partial charge in [-0.3, -0.25) is 0 Å². The van der Waals surface area contributed by atoms with Gasteiger partial charge in [-0.25, -0.2) is 13.6 Å². The first-order valence-corrected chi connectivity index (χ1v) is 12.4. The first-order chi connectivity index (χ1) is 15.7. The lowest BCUT2D eigenvalue weighted by atomic mass is 10.2. The predicted molar refractivity (Wildman–Crippen MR) is 135 cm³/mol. The number of anilines is 1. The molecule has 0 aliphatic heterocycles. The Morgan fingerprint density at radius 3 is 2.45 bits per heavy atom. The largest absolute Gasteiger partial charge is 0.493 e. The molecule has 0 radical (unpaired) electrons. The van der Waals surface area contributed by atoms with Crippen LogP contribution in [0.5, 0.6) is 5.88 Å². The summed E-state index contributed by atoms with van der Waals surface area (Å²) in [5, 5.41) is 27.9. The second-order valence-electron chi connectivity index (χ2n) is 7.10. The normalized spacial score (nSPS) is 11.8. The fourth-order valence-electron chi connectivity index (χ4n) is 3.29. The first kappa shape index (κ1) is 23.1. The molecule has 4 aromatic rings. The minimum absolute atomic E-state index is 0.0112. The van der Waals surface area contributed by atoms with Gasteiger partial charge in [0.25, 0.3) is 0 Å². The van der Waals surface area contributed by atoms with E-state index in [-0.39, 0.29) is 15.9 Å². The summed E-state index contributed by atoms with van der Waals surface area (Å²) in [7, 11) is -3.78. The Hall–Kier alpha value is -3.12. The number of hydrogen-bond acceptors (Lipinski definition) is 5. The highest BCUT2D eigenvalue weighted by Crippen LogP contribution is 2.40. The van der Waals surface area contributed by atoms with E-state index in [4.69, 9.17) is 17.4 Å². The molecule has 4 rings (SSSR count). The van der Waals surface area contributed by atoms with E-state index in [0.29, 0.717) is 17.9 Å². The molecule has 33 heavy (non-hydrogen) atoms. The zero-order valence-corrected chi connectivity index (χ0v) is 20.2. The molecule has 8 nitrogen and oxygen atoms in total. The highest BCUT2D eigenvalue weighted by Gasteiger charge is 2.17. The summed E-state index contributed by atoms with van der Waals surface area (Å²) in [6.07, 6.45) is 0. The van der Waals surface area contributed by atoms with Gasteiger partial charge in [-0.2, -0.15) is 0 Å². The van der Waals surface area contributed by atoms with E-state index in [1.54, 1.807) is 4.57 Å². The van der Waals surface area contributed by atoms with Crippen LogP contribution in [0.2, 0.25) is 0 Å². The third-order valence-corrected chi connectivity index (χ3v) is 6.44. The molecular formula is C22H18BrN5O3S2. The number of aromatic nitrogens is 1. The number of azo groups is 1. The number of benzene rings is 3. The predicted octanol–water partition coefficient (Wildman–Crippen LogP) is 5.29. The topological polar surface area (TPSA) is 122 Å². The number of primary sulfonamides is 1. The van der Waals surface area contributed by atoms with Gasteiger partial charge in [0, 0.05) is 15.5 Å². The number of halogens is 1. The van der Waals surface area contributed by atoms with Crippen molar-refractivity contribution >= 4 is 65.6 Å². The summed E-state index contributed by atoms with van der Waals surface area (Å²) in [6, 6.07) is 21.1. The van der Waals surface area contributed by atoms with Crippen molar-refractivity contribution in [2.24, 2.45) is 15.4 Å². The number of rotatable bonds is 5. The highest BCUT2D eigenvalue weighted by atomic mass is 79.9. The molecule has 0 aliphatic carbocycles. The molecule has 4 N–H and O–H groups in total. The quantitative estimate of drug-likeness (QED) is 0.233. The maximum absolute atomic E-state index is 11.4.